The Labute approximate surface area is 43.7 Å². The van der Waals surface area contributed by atoms with Crippen LogP contribution in [-0.4, -0.2) is 6.09 Å². The van der Waals surface area contributed by atoms with E-state index in [0.29, 0.717) is 0 Å². The van der Waals surface area contributed by atoms with Crippen molar-refractivity contribution in [3.63, 3.8) is 0 Å². The number of halogens is 1. The number of carbonyl (C=O) groups excluding carboxylic acids is 1. The molecule has 0 aliphatic carbocycles. The highest BCUT2D eigenvalue weighted by atomic mass is 79.9. The Hall–Kier alpha value is -0.290. The Balaban J connectivity index is 0. The average Bonchev–Trinajstić information content (AvgIpc) is 1.38. The molecule has 0 rings (SSSR count). The molecule has 0 bridgehead atoms. The minimum absolute atomic E-state index is 0. The van der Waals surface area contributed by atoms with Gasteiger partial charge in [-0.1, -0.05) is 0 Å². The van der Waals surface area contributed by atoms with Crippen LogP contribution < -0.4 is 11.9 Å². The van der Waals surface area contributed by atoms with Crippen molar-refractivity contribution < 1.29 is 8.62 Å². The first kappa shape index (κ1) is 9.20. The second-order valence-corrected chi connectivity index (χ2v) is 0.720. The molecule has 0 radical (unpaired) electrons. The van der Waals surface area contributed by atoms with Crippen LogP contribution in [0.2, 0.25) is 0 Å². The van der Waals surface area contributed by atoms with Crippen LogP contribution in [0.5, 0.6) is 0 Å². The fourth-order valence-electron chi connectivity index (χ4n) is 0. The minimum Gasteiger partial charge on any atom is -0.367 e. The number of amides is 1. The molecule has 0 atom stereocenters. The molecule has 0 aromatic carbocycles. The first-order chi connectivity index (χ1) is 2.27. The van der Waals surface area contributed by atoms with Crippen molar-refractivity contribution in [2.75, 3.05) is 0 Å². The molecule has 0 saturated carbocycles. The van der Waals surface area contributed by atoms with E-state index in [9.17, 15) is 4.79 Å². The second kappa shape index (κ2) is 4.71. The van der Waals surface area contributed by atoms with Gasteiger partial charge in [0.1, 0.15) is 0 Å². The summed E-state index contributed by atoms with van der Waals surface area (Å²) >= 11 is 2.34. The summed E-state index contributed by atoms with van der Waals surface area (Å²) < 4.78 is 3.70. The highest BCUT2D eigenvalue weighted by molar-refractivity contribution is 9.06. The SMILES string of the molecule is N.NC(=O)OBr. The van der Waals surface area contributed by atoms with Gasteiger partial charge in [-0.3, -0.25) is 0 Å². The number of rotatable bonds is 0. The quantitative estimate of drug-likeness (QED) is 0.538. The van der Waals surface area contributed by atoms with E-state index in [1.807, 2.05) is 0 Å². The number of carbonyl (C=O) groups is 1. The van der Waals surface area contributed by atoms with Gasteiger partial charge in [0.05, 0.1) is 0 Å². The summed E-state index contributed by atoms with van der Waals surface area (Å²) in [7, 11) is 0. The van der Waals surface area contributed by atoms with E-state index in [1.165, 1.54) is 0 Å². The van der Waals surface area contributed by atoms with Crippen LogP contribution in [0.4, 0.5) is 4.79 Å². The number of hydrogen-bond acceptors (Lipinski definition) is 3. The van der Waals surface area contributed by atoms with Crippen LogP contribution in [0, 0.1) is 0 Å². The van der Waals surface area contributed by atoms with Crippen molar-refractivity contribution in [1.29, 1.82) is 0 Å². The maximum absolute atomic E-state index is 9.32. The first-order valence-electron chi connectivity index (χ1n) is 0.851. The van der Waals surface area contributed by atoms with E-state index in [2.05, 4.69) is 25.8 Å². The Morgan fingerprint density at radius 1 is 1.83 bits per heavy atom. The van der Waals surface area contributed by atoms with E-state index < -0.39 is 6.09 Å². The molecule has 0 saturated heterocycles. The van der Waals surface area contributed by atoms with Gasteiger partial charge in [-0.05, 0) is 0 Å². The summed E-state index contributed by atoms with van der Waals surface area (Å²) in [5, 5.41) is 0. The number of hydrogen-bond donors (Lipinski definition) is 2. The third-order valence-corrected chi connectivity index (χ3v) is 0.395. The molecule has 4 nitrogen and oxygen atoms in total. The lowest BCUT2D eigenvalue weighted by atomic mass is 11.3. The van der Waals surface area contributed by atoms with Crippen LogP contribution in [0.25, 0.3) is 0 Å². The average molecular weight is 157 g/mol. The minimum atomic E-state index is -0.829. The number of nitrogens with two attached hydrogens (primary N) is 1. The fourth-order valence-corrected chi connectivity index (χ4v) is 0. The number of primary amides is 1. The first-order valence-corrected chi connectivity index (χ1v) is 1.50. The van der Waals surface area contributed by atoms with Gasteiger partial charge >= 0.3 is 6.09 Å². The summed E-state index contributed by atoms with van der Waals surface area (Å²) in [6.07, 6.45) is -0.829. The van der Waals surface area contributed by atoms with Crippen LogP contribution in [0.15, 0.2) is 0 Å². The molecule has 0 fully saturated rings. The van der Waals surface area contributed by atoms with Crippen molar-refractivity contribution in [3.05, 3.63) is 0 Å². The summed E-state index contributed by atoms with van der Waals surface area (Å²) in [5.41, 5.74) is 4.38. The maximum Gasteiger partial charge on any atom is 0.416 e. The standard InChI is InChI=1S/CH2BrNO2.H3N/c2-5-1(3)4;/h(H2,3,4);1H3. The molecule has 5 N–H and O–H groups in total. The van der Waals surface area contributed by atoms with E-state index in [-0.39, 0.29) is 6.15 Å². The Morgan fingerprint density at radius 3 is 2.00 bits per heavy atom. The molecule has 0 spiro atoms. The smallest absolute Gasteiger partial charge is 0.367 e. The third kappa shape index (κ3) is 9.32. The maximum atomic E-state index is 9.32. The molecular formula is CH5BrN2O2. The van der Waals surface area contributed by atoms with Crippen molar-refractivity contribution in [2.24, 2.45) is 5.73 Å². The molecule has 38 valence electrons. The van der Waals surface area contributed by atoms with Gasteiger partial charge in [0.25, 0.3) is 0 Å². The topological polar surface area (TPSA) is 87.3 Å². The van der Waals surface area contributed by atoms with Gasteiger partial charge in [-0.15, -0.1) is 0 Å². The summed E-state index contributed by atoms with van der Waals surface area (Å²) in [6, 6.07) is 0. The zero-order valence-corrected chi connectivity index (χ0v) is 4.56. The van der Waals surface area contributed by atoms with Gasteiger partial charge in [0.15, 0.2) is 16.3 Å². The van der Waals surface area contributed by atoms with Crippen molar-refractivity contribution >= 4 is 22.4 Å². The predicted molar refractivity (Wildman–Crippen MR) is 24.6 cm³/mol. The van der Waals surface area contributed by atoms with Crippen LogP contribution in [-0.2, 0) is 3.83 Å². The highest BCUT2D eigenvalue weighted by Crippen LogP contribution is 1.78. The van der Waals surface area contributed by atoms with Crippen molar-refractivity contribution in [3.8, 4) is 0 Å². The lowest BCUT2D eigenvalue weighted by Gasteiger charge is -1.76. The summed E-state index contributed by atoms with van der Waals surface area (Å²) in [4.78, 5) is 9.32. The molecular weight excluding hydrogens is 152 g/mol. The van der Waals surface area contributed by atoms with Gasteiger partial charge in [-0.25, -0.2) is 4.79 Å². The van der Waals surface area contributed by atoms with Crippen LogP contribution >= 0.6 is 16.3 Å². The van der Waals surface area contributed by atoms with E-state index in [4.69, 9.17) is 0 Å². The van der Waals surface area contributed by atoms with Crippen molar-refractivity contribution in [1.82, 2.24) is 6.15 Å². The second-order valence-electron chi connectivity index (χ2n) is 0.396. The Bertz CT molecular complexity index is 46.8. The van der Waals surface area contributed by atoms with Gasteiger partial charge in [0, 0.05) is 0 Å². The lowest BCUT2D eigenvalue weighted by molar-refractivity contribution is 0.221. The zero-order valence-electron chi connectivity index (χ0n) is 2.98. The van der Waals surface area contributed by atoms with E-state index in [1.54, 1.807) is 0 Å². The molecule has 6 heavy (non-hydrogen) atoms. The van der Waals surface area contributed by atoms with Gasteiger partial charge in [0.2, 0.25) is 0 Å². The third-order valence-electron chi connectivity index (χ3n) is 0.0760. The normalized spacial score (nSPS) is 5.50. The van der Waals surface area contributed by atoms with Crippen LogP contribution in [0.3, 0.4) is 0 Å². The molecule has 1 amide bonds. The Kier molecular flexibility index (Phi) is 7.22. The van der Waals surface area contributed by atoms with Crippen molar-refractivity contribution in [2.45, 2.75) is 0 Å². The van der Waals surface area contributed by atoms with Gasteiger partial charge in [-0.2, -0.15) is 0 Å². The molecule has 0 aromatic rings. The van der Waals surface area contributed by atoms with E-state index >= 15 is 0 Å². The van der Waals surface area contributed by atoms with Crippen LogP contribution in [0.1, 0.15) is 0 Å². The Morgan fingerprint density at radius 2 is 2.00 bits per heavy atom. The summed E-state index contributed by atoms with van der Waals surface area (Å²) in [6.45, 7) is 0. The lowest BCUT2D eigenvalue weighted by Crippen LogP contribution is -2.05. The molecule has 0 aliphatic rings. The molecule has 0 aromatic heterocycles. The van der Waals surface area contributed by atoms with E-state index in [0.717, 1.165) is 0 Å². The highest BCUT2D eigenvalue weighted by Gasteiger charge is 1.79. The molecule has 5 heteroatoms. The monoisotopic (exact) mass is 156 g/mol. The fraction of sp³-hybridized carbons (Fsp3) is 0. The molecule has 0 heterocycles. The summed E-state index contributed by atoms with van der Waals surface area (Å²) in [5.74, 6) is 0. The zero-order chi connectivity index (χ0) is 4.28. The largest absolute Gasteiger partial charge is 0.416 e. The predicted octanol–water partition coefficient (Wildman–Crippen LogP) is 0.554. The molecule has 0 unspecified atom stereocenters. The molecule has 0 aliphatic heterocycles. The van der Waals surface area contributed by atoms with Gasteiger partial charge < -0.3 is 15.7 Å².